The van der Waals surface area contributed by atoms with Crippen LogP contribution in [0.2, 0.25) is 0 Å². The van der Waals surface area contributed by atoms with E-state index in [9.17, 15) is 0 Å². The van der Waals surface area contributed by atoms with E-state index in [1.165, 1.54) is 0 Å². The van der Waals surface area contributed by atoms with Gasteiger partial charge in [-0.25, -0.2) is 4.98 Å². The van der Waals surface area contributed by atoms with Crippen molar-refractivity contribution in [3.05, 3.63) is 46.0 Å². The third kappa shape index (κ3) is 2.52. The molecule has 0 saturated carbocycles. The average molecular weight is 391 g/mol. The zero-order valence-electron chi connectivity index (χ0n) is 12.4. The molecule has 0 fully saturated rings. The summed E-state index contributed by atoms with van der Waals surface area (Å²) in [4.78, 5) is 4.83. The number of anilines is 1. The monoisotopic (exact) mass is 391 g/mol. The molecule has 0 atom stereocenters. The molecular formula is C17H18IN3. The molecule has 108 valence electrons. The van der Waals surface area contributed by atoms with Crippen molar-refractivity contribution in [2.45, 2.75) is 26.3 Å². The van der Waals surface area contributed by atoms with Crippen LogP contribution in [0.5, 0.6) is 0 Å². The summed E-state index contributed by atoms with van der Waals surface area (Å²) in [7, 11) is 0. The molecule has 0 radical (unpaired) electrons. The van der Waals surface area contributed by atoms with Gasteiger partial charge in [0.1, 0.15) is 5.82 Å². The van der Waals surface area contributed by atoms with Gasteiger partial charge in [-0.3, -0.25) is 0 Å². The number of aromatic nitrogens is 2. The summed E-state index contributed by atoms with van der Waals surface area (Å²) in [6, 6.07) is 14.3. The predicted molar refractivity (Wildman–Crippen MR) is 97.3 cm³/mol. The highest BCUT2D eigenvalue weighted by atomic mass is 127. The van der Waals surface area contributed by atoms with E-state index in [1.54, 1.807) is 0 Å². The van der Waals surface area contributed by atoms with Gasteiger partial charge in [0.05, 0.1) is 11.0 Å². The van der Waals surface area contributed by atoms with Gasteiger partial charge < -0.3 is 10.3 Å². The van der Waals surface area contributed by atoms with Crippen LogP contribution in [0, 0.1) is 3.57 Å². The van der Waals surface area contributed by atoms with E-state index in [0.717, 1.165) is 31.7 Å². The molecule has 3 aromatic rings. The fourth-order valence-corrected chi connectivity index (χ4v) is 3.10. The molecule has 1 aromatic heterocycles. The first kappa shape index (κ1) is 14.4. The molecule has 3 rings (SSSR count). The molecule has 2 N–H and O–H groups in total. The molecule has 3 nitrogen and oxygen atoms in total. The lowest BCUT2D eigenvalue weighted by Crippen LogP contribution is -2.22. The topological polar surface area (TPSA) is 43.8 Å². The first-order chi connectivity index (χ1) is 9.88. The fourth-order valence-electron chi connectivity index (χ4n) is 2.61. The van der Waals surface area contributed by atoms with Crippen molar-refractivity contribution in [1.29, 1.82) is 0 Å². The van der Waals surface area contributed by atoms with Crippen molar-refractivity contribution in [1.82, 2.24) is 9.55 Å². The lowest BCUT2D eigenvalue weighted by molar-refractivity contribution is 0.413. The Morgan fingerprint density at radius 1 is 1.10 bits per heavy atom. The number of imidazole rings is 1. The zero-order valence-corrected chi connectivity index (χ0v) is 14.5. The Balaban J connectivity index is 2.39. The van der Waals surface area contributed by atoms with E-state index in [4.69, 9.17) is 10.7 Å². The summed E-state index contributed by atoms with van der Waals surface area (Å²) in [5.74, 6) is 0.930. The Morgan fingerprint density at radius 2 is 1.81 bits per heavy atom. The smallest absolute Gasteiger partial charge is 0.143 e. The Hall–Kier alpha value is -1.56. The normalized spacial score (nSPS) is 12.0. The van der Waals surface area contributed by atoms with Gasteiger partial charge in [0.2, 0.25) is 0 Å². The Kier molecular flexibility index (Phi) is 3.43. The van der Waals surface area contributed by atoms with Crippen LogP contribution in [0.15, 0.2) is 42.5 Å². The van der Waals surface area contributed by atoms with Crippen molar-refractivity contribution in [3.63, 3.8) is 0 Å². The number of rotatable bonds is 1. The molecule has 0 bridgehead atoms. The summed E-state index contributed by atoms with van der Waals surface area (Å²) < 4.78 is 3.42. The number of hydrogen-bond acceptors (Lipinski definition) is 2. The van der Waals surface area contributed by atoms with E-state index in [1.807, 2.05) is 30.3 Å². The van der Waals surface area contributed by atoms with Crippen LogP contribution in [0.1, 0.15) is 20.8 Å². The van der Waals surface area contributed by atoms with E-state index >= 15 is 0 Å². The summed E-state index contributed by atoms with van der Waals surface area (Å²) in [6.07, 6.45) is 0. The maximum absolute atomic E-state index is 6.20. The summed E-state index contributed by atoms with van der Waals surface area (Å²) >= 11 is 2.31. The van der Waals surface area contributed by atoms with Crippen molar-refractivity contribution >= 4 is 39.3 Å². The van der Waals surface area contributed by atoms with Crippen LogP contribution in [0.4, 0.5) is 5.69 Å². The molecule has 0 unspecified atom stereocenters. The minimum atomic E-state index is -0.0703. The van der Waals surface area contributed by atoms with Crippen molar-refractivity contribution < 1.29 is 0 Å². The number of para-hydroxylation sites is 2. The molecule has 0 aliphatic carbocycles. The minimum absolute atomic E-state index is 0.0703. The van der Waals surface area contributed by atoms with Crippen LogP contribution < -0.4 is 5.73 Å². The van der Waals surface area contributed by atoms with E-state index < -0.39 is 0 Å². The molecular weight excluding hydrogens is 373 g/mol. The van der Waals surface area contributed by atoms with Gasteiger partial charge in [-0.05, 0) is 73.7 Å². The van der Waals surface area contributed by atoms with Crippen molar-refractivity contribution in [2.75, 3.05) is 5.73 Å². The Labute approximate surface area is 138 Å². The van der Waals surface area contributed by atoms with E-state index in [-0.39, 0.29) is 5.54 Å². The Bertz CT molecular complexity index is 813. The molecule has 0 aliphatic rings. The van der Waals surface area contributed by atoms with Crippen LogP contribution in [-0.2, 0) is 5.54 Å². The van der Waals surface area contributed by atoms with Gasteiger partial charge in [-0.2, -0.15) is 0 Å². The third-order valence-electron chi connectivity index (χ3n) is 3.49. The number of nitrogens with two attached hydrogens (primary N) is 1. The third-order valence-corrected chi connectivity index (χ3v) is 4.16. The second kappa shape index (κ2) is 5.02. The van der Waals surface area contributed by atoms with Crippen LogP contribution >= 0.6 is 22.6 Å². The second-order valence-electron chi connectivity index (χ2n) is 6.16. The molecule has 2 aromatic carbocycles. The number of nitrogen functional groups attached to an aromatic ring is 1. The summed E-state index contributed by atoms with van der Waals surface area (Å²) in [5.41, 5.74) is 10.0. The highest BCUT2D eigenvalue weighted by Crippen LogP contribution is 2.34. The molecule has 1 heterocycles. The lowest BCUT2D eigenvalue weighted by atomic mass is 10.1. The minimum Gasteiger partial charge on any atom is -0.398 e. The van der Waals surface area contributed by atoms with Gasteiger partial charge in [-0.15, -0.1) is 0 Å². The number of hydrogen-bond donors (Lipinski definition) is 1. The van der Waals surface area contributed by atoms with Crippen molar-refractivity contribution in [2.24, 2.45) is 0 Å². The lowest BCUT2D eigenvalue weighted by Gasteiger charge is -2.25. The maximum atomic E-state index is 6.20. The Morgan fingerprint density at radius 3 is 2.52 bits per heavy atom. The number of benzene rings is 2. The van der Waals surface area contributed by atoms with Crippen LogP contribution in [-0.4, -0.2) is 9.55 Å². The van der Waals surface area contributed by atoms with Gasteiger partial charge in [0.15, 0.2) is 0 Å². The van der Waals surface area contributed by atoms with Crippen LogP contribution in [0.25, 0.3) is 22.4 Å². The molecule has 21 heavy (non-hydrogen) atoms. The van der Waals surface area contributed by atoms with Gasteiger partial charge >= 0.3 is 0 Å². The highest BCUT2D eigenvalue weighted by molar-refractivity contribution is 14.1. The number of nitrogens with zero attached hydrogens (tertiary/aromatic N) is 2. The molecule has 0 saturated heterocycles. The largest absolute Gasteiger partial charge is 0.398 e. The van der Waals surface area contributed by atoms with Gasteiger partial charge in [0, 0.05) is 20.4 Å². The second-order valence-corrected chi connectivity index (χ2v) is 7.41. The fraction of sp³-hybridized carbons (Fsp3) is 0.235. The summed E-state index contributed by atoms with van der Waals surface area (Å²) in [5, 5.41) is 0. The highest BCUT2D eigenvalue weighted by Gasteiger charge is 2.23. The molecule has 0 aliphatic heterocycles. The van der Waals surface area contributed by atoms with Gasteiger partial charge in [-0.1, -0.05) is 12.1 Å². The van der Waals surface area contributed by atoms with E-state index in [0.29, 0.717) is 0 Å². The first-order valence-corrected chi connectivity index (χ1v) is 7.99. The SMILES string of the molecule is CC(C)(C)n1c(-c2cc(I)ccc2N)nc2ccccc21. The van der Waals surface area contributed by atoms with Crippen molar-refractivity contribution in [3.8, 4) is 11.4 Å². The quantitative estimate of drug-likeness (QED) is 0.485. The first-order valence-electron chi connectivity index (χ1n) is 6.91. The van der Waals surface area contributed by atoms with Crippen LogP contribution in [0.3, 0.4) is 0 Å². The number of fused-ring (bicyclic) bond motifs is 1. The van der Waals surface area contributed by atoms with Gasteiger partial charge in [0.25, 0.3) is 0 Å². The number of halogens is 1. The molecule has 0 amide bonds. The standard InChI is InChI=1S/C17H18IN3/c1-17(2,3)21-15-7-5-4-6-14(15)20-16(21)12-10-11(18)8-9-13(12)19/h4-10H,19H2,1-3H3. The average Bonchev–Trinajstić information content (AvgIpc) is 2.80. The molecule has 0 spiro atoms. The van der Waals surface area contributed by atoms with E-state index in [2.05, 4.69) is 60.1 Å². The molecule has 4 heteroatoms. The maximum Gasteiger partial charge on any atom is 0.143 e. The summed E-state index contributed by atoms with van der Waals surface area (Å²) in [6.45, 7) is 6.57. The zero-order chi connectivity index (χ0) is 15.2. The predicted octanol–water partition coefficient (Wildman–Crippen LogP) is 4.65.